The molecule has 0 atom stereocenters. The van der Waals surface area contributed by atoms with E-state index in [1.165, 1.54) is 0 Å². The fraction of sp³-hybridized carbons (Fsp3) is 0.333. The number of sulfonamides is 1. The van der Waals surface area contributed by atoms with Crippen LogP contribution in [0.25, 0.3) is 0 Å². The molecule has 0 amide bonds. The molecule has 16 heavy (non-hydrogen) atoms. The van der Waals surface area contributed by atoms with Gasteiger partial charge in [0.15, 0.2) is 0 Å². The van der Waals surface area contributed by atoms with Crippen LogP contribution in [-0.4, -0.2) is 20.7 Å². The second-order valence-electron chi connectivity index (χ2n) is 3.19. The van der Waals surface area contributed by atoms with Gasteiger partial charge in [0.25, 0.3) is 0 Å². The van der Waals surface area contributed by atoms with Gasteiger partial charge in [-0.2, -0.15) is 0 Å². The van der Waals surface area contributed by atoms with Crippen molar-refractivity contribution < 1.29 is 17.2 Å². The molecule has 0 aliphatic carbocycles. The van der Waals surface area contributed by atoms with Crippen molar-refractivity contribution in [3.63, 3.8) is 0 Å². The van der Waals surface area contributed by atoms with Crippen LogP contribution in [0.5, 0.6) is 0 Å². The molecule has 90 valence electrons. The van der Waals surface area contributed by atoms with E-state index in [0.29, 0.717) is 6.07 Å². The van der Waals surface area contributed by atoms with E-state index < -0.39 is 21.7 Å². The molecule has 0 bridgehead atoms. The van der Waals surface area contributed by atoms with Crippen molar-refractivity contribution in [3.8, 4) is 0 Å². The fourth-order valence-electron chi connectivity index (χ4n) is 1.06. The Morgan fingerprint density at radius 1 is 1.31 bits per heavy atom. The molecule has 7 heteroatoms. The first-order valence-electron chi connectivity index (χ1n) is 4.60. The summed E-state index contributed by atoms with van der Waals surface area (Å²) in [6.07, 6.45) is 0.276. The molecule has 1 rings (SSSR count). The first-order chi connectivity index (χ1) is 7.44. The smallest absolute Gasteiger partial charge is 0.232 e. The van der Waals surface area contributed by atoms with Gasteiger partial charge in [-0.3, -0.25) is 4.72 Å². The lowest BCUT2D eigenvalue weighted by Gasteiger charge is -2.08. The second kappa shape index (κ2) is 5.22. The number of rotatable bonds is 5. The van der Waals surface area contributed by atoms with Crippen molar-refractivity contribution in [3.05, 3.63) is 29.8 Å². The zero-order chi connectivity index (χ0) is 12.2. The number of hydrogen-bond donors (Lipinski definition) is 2. The van der Waals surface area contributed by atoms with Gasteiger partial charge in [-0.25, -0.2) is 17.2 Å². The Morgan fingerprint density at radius 2 is 2.00 bits per heavy atom. The van der Waals surface area contributed by atoms with Gasteiger partial charge in [-0.15, -0.1) is 0 Å². The van der Waals surface area contributed by atoms with Crippen LogP contribution in [0.1, 0.15) is 6.42 Å². The highest BCUT2D eigenvalue weighted by Gasteiger charge is 2.12. The average molecular weight is 250 g/mol. The molecule has 0 aliphatic heterocycles. The number of hydrogen-bond acceptors (Lipinski definition) is 3. The zero-order valence-corrected chi connectivity index (χ0v) is 9.23. The van der Waals surface area contributed by atoms with Gasteiger partial charge >= 0.3 is 0 Å². The number of halogens is 2. The minimum absolute atomic E-state index is 0.194. The van der Waals surface area contributed by atoms with E-state index in [1.54, 1.807) is 0 Å². The Kier molecular flexibility index (Phi) is 4.19. The molecule has 0 spiro atoms. The standard InChI is InChI=1S/C9H12F2N2O2S/c10-7-2-3-9(8(11)6-7)13-16(14,15)5-1-4-12/h2-3,6,13H,1,4-5,12H2. The van der Waals surface area contributed by atoms with Gasteiger partial charge in [-0.1, -0.05) is 0 Å². The Balaban J connectivity index is 2.80. The molecular formula is C9H12F2N2O2S. The largest absolute Gasteiger partial charge is 0.330 e. The molecular weight excluding hydrogens is 238 g/mol. The molecule has 0 heterocycles. The quantitative estimate of drug-likeness (QED) is 0.820. The van der Waals surface area contributed by atoms with Crippen LogP contribution in [0, 0.1) is 11.6 Å². The van der Waals surface area contributed by atoms with Gasteiger partial charge in [-0.05, 0) is 25.1 Å². The molecule has 0 aromatic heterocycles. The van der Waals surface area contributed by atoms with E-state index in [1.807, 2.05) is 4.72 Å². The lowest BCUT2D eigenvalue weighted by molar-refractivity contribution is 0.582. The lowest BCUT2D eigenvalue weighted by atomic mass is 10.3. The Morgan fingerprint density at radius 3 is 2.56 bits per heavy atom. The maximum absolute atomic E-state index is 13.1. The van der Waals surface area contributed by atoms with Crippen molar-refractivity contribution in [1.29, 1.82) is 0 Å². The Hall–Kier alpha value is -1.21. The second-order valence-corrected chi connectivity index (χ2v) is 5.03. The summed E-state index contributed by atoms with van der Waals surface area (Å²) in [5.41, 5.74) is 4.90. The number of benzene rings is 1. The highest BCUT2D eigenvalue weighted by atomic mass is 32.2. The van der Waals surface area contributed by atoms with Gasteiger partial charge < -0.3 is 5.73 Å². The van der Waals surface area contributed by atoms with E-state index in [9.17, 15) is 17.2 Å². The minimum Gasteiger partial charge on any atom is -0.330 e. The molecule has 0 unspecified atom stereocenters. The molecule has 4 nitrogen and oxygen atoms in total. The topological polar surface area (TPSA) is 72.2 Å². The number of anilines is 1. The predicted octanol–water partition coefficient (Wildman–Crippen LogP) is 1.06. The number of nitrogens with two attached hydrogens (primary N) is 1. The fourth-order valence-corrected chi connectivity index (χ4v) is 2.21. The first-order valence-corrected chi connectivity index (χ1v) is 6.25. The molecule has 1 aromatic rings. The van der Waals surface area contributed by atoms with Crippen molar-refractivity contribution in [2.24, 2.45) is 5.73 Å². The summed E-state index contributed by atoms with van der Waals surface area (Å²) in [4.78, 5) is 0. The monoisotopic (exact) mass is 250 g/mol. The van der Waals surface area contributed by atoms with E-state index >= 15 is 0 Å². The van der Waals surface area contributed by atoms with E-state index in [-0.39, 0.29) is 24.4 Å². The van der Waals surface area contributed by atoms with Gasteiger partial charge in [0, 0.05) is 6.07 Å². The Labute approximate surface area is 92.5 Å². The van der Waals surface area contributed by atoms with Gasteiger partial charge in [0.2, 0.25) is 10.0 Å². The summed E-state index contributed by atoms with van der Waals surface area (Å²) in [6, 6.07) is 2.62. The van der Waals surface area contributed by atoms with E-state index in [4.69, 9.17) is 5.73 Å². The molecule has 0 saturated carbocycles. The van der Waals surface area contributed by atoms with Crippen LogP contribution in [0.2, 0.25) is 0 Å². The van der Waals surface area contributed by atoms with Crippen LogP contribution in [0.4, 0.5) is 14.5 Å². The highest BCUT2D eigenvalue weighted by Crippen LogP contribution is 2.16. The van der Waals surface area contributed by atoms with Crippen LogP contribution < -0.4 is 10.5 Å². The molecule has 0 radical (unpaired) electrons. The van der Waals surface area contributed by atoms with E-state index in [2.05, 4.69) is 0 Å². The lowest BCUT2D eigenvalue weighted by Crippen LogP contribution is -2.19. The third kappa shape index (κ3) is 3.74. The first kappa shape index (κ1) is 12.9. The van der Waals surface area contributed by atoms with Crippen molar-refractivity contribution in [2.75, 3.05) is 17.0 Å². The molecule has 1 aromatic carbocycles. The SMILES string of the molecule is NCCCS(=O)(=O)Nc1ccc(F)cc1F. The summed E-state index contributed by atoms with van der Waals surface area (Å²) in [7, 11) is -3.62. The molecule has 0 saturated heterocycles. The summed E-state index contributed by atoms with van der Waals surface area (Å²) < 4.78 is 50.4. The van der Waals surface area contributed by atoms with Gasteiger partial charge in [0.05, 0.1) is 11.4 Å². The van der Waals surface area contributed by atoms with Crippen LogP contribution >= 0.6 is 0 Å². The summed E-state index contributed by atoms with van der Waals surface area (Å²) in [5.74, 6) is -1.90. The third-order valence-corrected chi connectivity index (χ3v) is 3.17. The molecule has 3 N–H and O–H groups in total. The summed E-state index contributed by atoms with van der Waals surface area (Å²) in [5, 5.41) is 0. The van der Waals surface area contributed by atoms with Crippen LogP contribution in [-0.2, 0) is 10.0 Å². The van der Waals surface area contributed by atoms with Crippen molar-refractivity contribution in [2.45, 2.75) is 6.42 Å². The molecule has 0 aliphatic rings. The summed E-state index contributed by atoms with van der Waals surface area (Å²) in [6.45, 7) is 0.229. The Bertz CT molecular complexity index is 463. The van der Waals surface area contributed by atoms with Crippen LogP contribution in [0.15, 0.2) is 18.2 Å². The zero-order valence-electron chi connectivity index (χ0n) is 8.41. The predicted molar refractivity (Wildman–Crippen MR) is 57.4 cm³/mol. The average Bonchev–Trinajstić information content (AvgIpc) is 2.19. The molecule has 0 fully saturated rings. The maximum Gasteiger partial charge on any atom is 0.232 e. The van der Waals surface area contributed by atoms with Crippen LogP contribution in [0.3, 0.4) is 0 Å². The maximum atomic E-state index is 13.1. The van der Waals surface area contributed by atoms with Gasteiger partial charge in [0.1, 0.15) is 11.6 Å². The third-order valence-electron chi connectivity index (χ3n) is 1.81. The summed E-state index contributed by atoms with van der Waals surface area (Å²) >= 11 is 0. The van der Waals surface area contributed by atoms with E-state index in [0.717, 1.165) is 12.1 Å². The van der Waals surface area contributed by atoms with Crippen molar-refractivity contribution >= 4 is 15.7 Å². The van der Waals surface area contributed by atoms with Crippen molar-refractivity contribution in [1.82, 2.24) is 0 Å². The highest BCUT2D eigenvalue weighted by molar-refractivity contribution is 7.92. The minimum atomic E-state index is -3.62. The normalized spacial score (nSPS) is 11.4. The number of nitrogens with one attached hydrogen (secondary N) is 1.